The summed E-state index contributed by atoms with van der Waals surface area (Å²) in [5.41, 5.74) is 3.41. The molecule has 0 unspecified atom stereocenters. The van der Waals surface area contributed by atoms with E-state index in [0.29, 0.717) is 30.9 Å². The maximum Gasteiger partial charge on any atom is 0.412 e. The molecule has 7 heteroatoms. The van der Waals surface area contributed by atoms with E-state index in [1.807, 2.05) is 30.3 Å². The van der Waals surface area contributed by atoms with Gasteiger partial charge in [-0.3, -0.25) is 20.1 Å². The minimum absolute atomic E-state index is 0.111. The summed E-state index contributed by atoms with van der Waals surface area (Å²) < 4.78 is 9.90. The third kappa shape index (κ3) is 4.49. The van der Waals surface area contributed by atoms with Gasteiger partial charge in [-0.2, -0.15) is 0 Å². The van der Waals surface area contributed by atoms with E-state index in [1.54, 1.807) is 13.3 Å². The van der Waals surface area contributed by atoms with E-state index in [-0.39, 0.29) is 12.2 Å². The number of fused-ring (bicyclic) bond motifs is 1. The number of carbonyl (C=O) groups is 2. The van der Waals surface area contributed by atoms with Crippen LogP contribution in [0.4, 0.5) is 4.79 Å². The highest BCUT2D eigenvalue weighted by atomic mass is 16.5. The smallest absolute Gasteiger partial charge is 0.412 e. The monoisotopic (exact) mass is 367 g/mol. The lowest BCUT2D eigenvalue weighted by Crippen LogP contribution is -2.30. The fourth-order valence-electron chi connectivity index (χ4n) is 2.97. The Labute approximate surface area is 157 Å². The van der Waals surface area contributed by atoms with Crippen molar-refractivity contribution >= 4 is 17.7 Å². The molecule has 7 nitrogen and oxygen atoms in total. The number of nitrogens with one attached hydrogen (secondary N) is 1. The molecule has 0 bridgehead atoms. The van der Waals surface area contributed by atoms with E-state index in [0.717, 1.165) is 22.4 Å². The molecule has 0 spiro atoms. The van der Waals surface area contributed by atoms with Crippen LogP contribution in [0.2, 0.25) is 0 Å². The number of ketones is 1. The summed E-state index contributed by atoms with van der Waals surface area (Å²) in [6.07, 6.45) is 2.38. The van der Waals surface area contributed by atoms with Crippen molar-refractivity contribution in [3.8, 4) is 5.75 Å². The van der Waals surface area contributed by atoms with Crippen molar-refractivity contribution < 1.29 is 19.1 Å². The number of carbonyl (C=O) groups excluding carboxylic acids is 2. The lowest BCUT2D eigenvalue weighted by molar-refractivity contribution is -0.118. The van der Waals surface area contributed by atoms with Crippen molar-refractivity contribution in [3.05, 3.63) is 58.9 Å². The maximum atomic E-state index is 12.4. The van der Waals surface area contributed by atoms with Crippen LogP contribution in [0, 0.1) is 0 Å². The van der Waals surface area contributed by atoms with Gasteiger partial charge in [-0.15, -0.1) is 0 Å². The minimum atomic E-state index is -0.572. The summed E-state index contributed by atoms with van der Waals surface area (Å²) in [5, 5.41) is 2.56. The zero-order valence-corrected chi connectivity index (χ0v) is 15.3. The average Bonchev–Trinajstić information content (AvgIpc) is 3.08. The number of hydrogen-bond acceptors (Lipinski definition) is 6. The number of para-hydroxylation sites is 1. The molecule has 1 N–H and O–H groups in total. The van der Waals surface area contributed by atoms with Crippen molar-refractivity contribution in [3.63, 3.8) is 0 Å². The second-order valence-electron chi connectivity index (χ2n) is 6.14. The first-order valence-electron chi connectivity index (χ1n) is 8.62. The zero-order chi connectivity index (χ0) is 19.2. The topological polar surface area (TPSA) is 89.9 Å². The Balaban J connectivity index is 1.59. The molecule has 1 aliphatic heterocycles. The number of pyridine rings is 1. The number of aromatic nitrogens is 1. The van der Waals surface area contributed by atoms with Gasteiger partial charge in [0.15, 0.2) is 0 Å². The van der Waals surface area contributed by atoms with Crippen LogP contribution in [0.3, 0.4) is 0 Å². The number of aliphatic imine (C=N–C) groups is 1. The first kappa shape index (κ1) is 18.6. The van der Waals surface area contributed by atoms with Crippen LogP contribution in [0.25, 0.3) is 0 Å². The van der Waals surface area contributed by atoms with E-state index in [9.17, 15) is 9.59 Å². The normalized spacial score (nSPS) is 12.1. The van der Waals surface area contributed by atoms with E-state index in [4.69, 9.17) is 4.74 Å². The highest BCUT2D eigenvalue weighted by Gasteiger charge is 2.19. The lowest BCUT2D eigenvalue weighted by atomic mass is 10.0. The number of ether oxygens (including phenoxy) is 2. The van der Waals surface area contributed by atoms with Gasteiger partial charge in [0, 0.05) is 30.3 Å². The zero-order valence-electron chi connectivity index (χ0n) is 15.3. The van der Waals surface area contributed by atoms with Gasteiger partial charge in [0.05, 0.1) is 20.8 Å². The molecule has 0 aliphatic carbocycles. The predicted octanol–water partition coefficient (Wildman–Crippen LogP) is 2.45. The van der Waals surface area contributed by atoms with E-state index >= 15 is 0 Å². The number of amidine groups is 1. The Bertz CT molecular complexity index is 893. The van der Waals surface area contributed by atoms with E-state index in [2.05, 4.69) is 20.0 Å². The third-order valence-electron chi connectivity index (χ3n) is 4.36. The minimum Gasteiger partial charge on any atom is -0.496 e. The molecule has 140 valence electrons. The molecule has 3 rings (SSSR count). The fourth-order valence-corrected chi connectivity index (χ4v) is 2.97. The molecular formula is C20H21N3O4. The van der Waals surface area contributed by atoms with Crippen LogP contribution in [0.5, 0.6) is 5.75 Å². The fraction of sp³-hybridized carbons (Fsp3) is 0.300. The van der Waals surface area contributed by atoms with Crippen LogP contribution in [0.15, 0.2) is 41.5 Å². The molecule has 1 amide bonds. The standard InChI is InChI=1S/C20H21N3O4/c1-26-18-6-4-3-5-13(18)7-8-16(24)10-15-9-14-11-22-19(17(14)12-21-15)23-20(25)27-2/h3-6,9,12H,7-8,10-11H2,1-2H3,(H,22,23,25). The Kier molecular flexibility index (Phi) is 5.80. The van der Waals surface area contributed by atoms with Crippen LogP contribution < -0.4 is 10.1 Å². The second-order valence-corrected chi connectivity index (χ2v) is 6.14. The average molecular weight is 367 g/mol. The van der Waals surface area contributed by atoms with Gasteiger partial charge in [0.2, 0.25) is 0 Å². The van der Waals surface area contributed by atoms with Gasteiger partial charge in [-0.1, -0.05) is 18.2 Å². The molecule has 2 heterocycles. The van der Waals surface area contributed by atoms with Gasteiger partial charge in [0.1, 0.15) is 17.4 Å². The number of Topliss-reactive ketones (excluding diaryl/α,β-unsaturated/α-hetero) is 1. The summed E-state index contributed by atoms with van der Waals surface area (Å²) in [7, 11) is 2.92. The van der Waals surface area contributed by atoms with Gasteiger partial charge < -0.3 is 9.47 Å². The molecule has 2 aromatic rings. The number of aryl methyl sites for hydroxylation is 1. The largest absolute Gasteiger partial charge is 0.496 e. The number of nitrogens with zero attached hydrogens (tertiary/aromatic N) is 2. The number of amides is 1. The van der Waals surface area contributed by atoms with E-state index in [1.165, 1.54) is 7.11 Å². The summed E-state index contributed by atoms with van der Waals surface area (Å²) in [4.78, 5) is 32.3. The highest BCUT2D eigenvalue weighted by molar-refractivity contribution is 6.08. The molecule has 1 aliphatic rings. The molecule has 0 fully saturated rings. The summed E-state index contributed by atoms with van der Waals surface area (Å²) in [6.45, 7) is 0.444. The van der Waals surface area contributed by atoms with E-state index < -0.39 is 6.09 Å². The van der Waals surface area contributed by atoms with Crippen LogP contribution >= 0.6 is 0 Å². The summed E-state index contributed by atoms with van der Waals surface area (Å²) in [6, 6.07) is 9.56. The summed E-state index contributed by atoms with van der Waals surface area (Å²) in [5.74, 6) is 1.35. The molecule has 1 aromatic heterocycles. The molecule has 0 atom stereocenters. The first-order valence-corrected chi connectivity index (χ1v) is 8.62. The highest BCUT2D eigenvalue weighted by Crippen LogP contribution is 2.20. The van der Waals surface area contributed by atoms with Gasteiger partial charge >= 0.3 is 6.09 Å². The van der Waals surface area contributed by atoms with Crippen molar-refractivity contribution in [1.82, 2.24) is 10.3 Å². The van der Waals surface area contributed by atoms with Crippen LogP contribution in [-0.2, 0) is 28.9 Å². The molecule has 0 saturated carbocycles. The van der Waals surface area contributed by atoms with Crippen molar-refractivity contribution in [2.24, 2.45) is 4.99 Å². The number of hydrogen-bond donors (Lipinski definition) is 1. The Morgan fingerprint density at radius 1 is 1.22 bits per heavy atom. The lowest BCUT2D eigenvalue weighted by Gasteiger charge is -2.08. The number of alkyl carbamates (subject to hydrolysis) is 1. The van der Waals surface area contributed by atoms with Gasteiger partial charge in [-0.25, -0.2) is 4.79 Å². The predicted molar refractivity (Wildman–Crippen MR) is 100 cm³/mol. The quantitative estimate of drug-likeness (QED) is 0.847. The molecule has 0 saturated heterocycles. The first-order chi connectivity index (χ1) is 13.1. The van der Waals surface area contributed by atoms with Crippen molar-refractivity contribution in [1.29, 1.82) is 0 Å². The Morgan fingerprint density at radius 2 is 2.04 bits per heavy atom. The number of methoxy groups -OCH3 is 2. The molecule has 0 radical (unpaired) electrons. The maximum absolute atomic E-state index is 12.4. The van der Waals surface area contributed by atoms with Crippen LogP contribution in [0.1, 0.15) is 28.8 Å². The number of rotatable bonds is 6. The molecule has 1 aromatic carbocycles. The molecule has 27 heavy (non-hydrogen) atoms. The Morgan fingerprint density at radius 3 is 2.81 bits per heavy atom. The van der Waals surface area contributed by atoms with Crippen molar-refractivity contribution in [2.45, 2.75) is 25.8 Å². The van der Waals surface area contributed by atoms with Gasteiger partial charge in [0.25, 0.3) is 0 Å². The third-order valence-corrected chi connectivity index (χ3v) is 4.36. The SMILES string of the molecule is COC(=O)NC1=NCc2cc(CC(=O)CCc3ccccc3OC)ncc21. The van der Waals surface area contributed by atoms with Gasteiger partial charge in [-0.05, 0) is 29.7 Å². The summed E-state index contributed by atoms with van der Waals surface area (Å²) >= 11 is 0. The van der Waals surface area contributed by atoms with Crippen molar-refractivity contribution in [2.75, 3.05) is 14.2 Å². The van der Waals surface area contributed by atoms with Crippen LogP contribution in [-0.4, -0.2) is 36.9 Å². The molecular weight excluding hydrogens is 346 g/mol. The Hall–Kier alpha value is -3.22. The number of benzene rings is 1. The second kappa shape index (κ2) is 8.44.